The van der Waals surface area contributed by atoms with Crippen LogP contribution in [0.3, 0.4) is 0 Å². The molecule has 3 N–H and O–H groups in total. The molecule has 0 unspecified atom stereocenters. The summed E-state index contributed by atoms with van der Waals surface area (Å²) in [6.45, 7) is 2.73. The zero-order valence-corrected chi connectivity index (χ0v) is 23.0. The van der Waals surface area contributed by atoms with Crippen molar-refractivity contribution in [3.8, 4) is 0 Å². The number of carbonyl (C=O) groups excluding carboxylic acids is 2. The van der Waals surface area contributed by atoms with E-state index in [0.29, 0.717) is 13.1 Å². The lowest BCUT2D eigenvalue weighted by molar-refractivity contribution is -0.131. The molecule has 7 nitrogen and oxygen atoms in total. The number of ether oxygens (including phenoxy) is 1. The quantitative estimate of drug-likeness (QED) is 0.192. The molecule has 2 amide bonds. The molecular weight excluding hydrogens is 502 g/mol. The molecule has 0 radical (unpaired) electrons. The molecule has 1 aromatic heterocycles. The Morgan fingerprint density at radius 3 is 2.48 bits per heavy atom. The van der Waals surface area contributed by atoms with Crippen LogP contribution < -0.4 is 5.32 Å². The van der Waals surface area contributed by atoms with Crippen LogP contribution in [-0.2, 0) is 27.3 Å². The smallest absolute Gasteiger partial charge is 0.228 e. The number of aliphatic hydroxyl groups is 1. The minimum Gasteiger partial charge on any atom is -0.395 e. The van der Waals surface area contributed by atoms with Crippen LogP contribution in [0.15, 0.2) is 97.2 Å². The summed E-state index contributed by atoms with van der Waals surface area (Å²) >= 11 is 0. The van der Waals surface area contributed by atoms with E-state index in [1.165, 1.54) is 0 Å². The number of aromatic amines is 1. The Labute approximate surface area is 235 Å². The van der Waals surface area contributed by atoms with Crippen LogP contribution in [0.2, 0.25) is 0 Å². The van der Waals surface area contributed by atoms with Gasteiger partial charge in [-0.25, -0.2) is 0 Å². The zero-order chi connectivity index (χ0) is 28.3. The SMILES string of the molecule is CO[C@@H](c1ccc(NC(=O)Cc2c[nH]c3ccccc23)cc1)[C@@H](C)/C=C/CC(=O)N(CCO)Cc1ccccc1. The predicted molar refractivity (Wildman–Crippen MR) is 159 cm³/mol. The number of aromatic nitrogens is 1. The molecule has 7 heteroatoms. The minimum atomic E-state index is -0.208. The van der Waals surface area contributed by atoms with Crippen LogP contribution in [0.25, 0.3) is 10.9 Å². The normalized spacial score (nSPS) is 12.9. The van der Waals surface area contributed by atoms with Crippen molar-refractivity contribution in [2.45, 2.75) is 32.4 Å². The lowest BCUT2D eigenvalue weighted by Gasteiger charge is -2.22. The largest absolute Gasteiger partial charge is 0.395 e. The summed E-state index contributed by atoms with van der Waals surface area (Å²) in [5, 5.41) is 13.4. The van der Waals surface area contributed by atoms with Crippen molar-refractivity contribution in [1.82, 2.24) is 9.88 Å². The van der Waals surface area contributed by atoms with E-state index in [1.807, 2.05) is 104 Å². The summed E-state index contributed by atoms with van der Waals surface area (Å²) in [4.78, 5) is 30.4. The van der Waals surface area contributed by atoms with Gasteiger partial charge in [-0.15, -0.1) is 0 Å². The van der Waals surface area contributed by atoms with Crippen LogP contribution in [0.4, 0.5) is 5.69 Å². The molecule has 0 bridgehead atoms. The average Bonchev–Trinajstić information content (AvgIpc) is 3.37. The highest BCUT2D eigenvalue weighted by molar-refractivity contribution is 5.95. The van der Waals surface area contributed by atoms with Crippen LogP contribution in [0, 0.1) is 5.92 Å². The van der Waals surface area contributed by atoms with Gasteiger partial charge in [0, 0.05) is 55.3 Å². The van der Waals surface area contributed by atoms with Crippen LogP contribution >= 0.6 is 0 Å². The van der Waals surface area contributed by atoms with E-state index >= 15 is 0 Å². The number of nitrogens with zero attached hydrogens (tertiary/aromatic N) is 1. The standard InChI is InChI=1S/C33H37N3O4/c1-24(9-8-14-32(39)36(19-20-37)23-25-10-4-3-5-11-25)33(40-2)26-15-17-28(18-16-26)35-31(38)21-27-22-34-30-13-7-6-12-29(27)30/h3-13,15-18,22,24,33-34,37H,14,19-21,23H2,1-2H3,(H,35,38)/b9-8+/t24-,33+/m0/s1. The maximum Gasteiger partial charge on any atom is 0.228 e. The highest BCUT2D eigenvalue weighted by Crippen LogP contribution is 2.28. The second kappa shape index (κ2) is 14.3. The van der Waals surface area contributed by atoms with E-state index in [0.717, 1.165) is 33.3 Å². The molecule has 0 aliphatic carbocycles. The predicted octanol–water partition coefficient (Wildman–Crippen LogP) is 5.64. The van der Waals surface area contributed by atoms with E-state index < -0.39 is 0 Å². The summed E-state index contributed by atoms with van der Waals surface area (Å²) in [6, 6.07) is 25.4. The first-order valence-electron chi connectivity index (χ1n) is 13.5. The summed E-state index contributed by atoms with van der Waals surface area (Å²) in [5.41, 5.74) is 4.70. The van der Waals surface area contributed by atoms with Gasteiger partial charge in [0.15, 0.2) is 0 Å². The Balaban J connectivity index is 1.31. The third-order valence-corrected chi connectivity index (χ3v) is 6.95. The van der Waals surface area contributed by atoms with Gasteiger partial charge in [0.05, 0.1) is 19.1 Å². The number of benzene rings is 3. The van der Waals surface area contributed by atoms with E-state index in [-0.39, 0.29) is 43.3 Å². The Bertz CT molecular complexity index is 1410. The maximum absolute atomic E-state index is 12.8. The number of para-hydroxylation sites is 1. The zero-order valence-electron chi connectivity index (χ0n) is 23.0. The number of carbonyl (C=O) groups is 2. The molecule has 40 heavy (non-hydrogen) atoms. The van der Waals surface area contributed by atoms with Crippen molar-refractivity contribution in [2.75, 3.05) is 25.6 Å². The van der Waals surface area contributed by atoms with Crippen molar-refractivity contribution in [2.24, 2.45) is 5.92 Å². The average molecular weight is 540 g/mol. The second-order valence-corrected chi connectivity index (χ2v) is 9.88. The molecule has 0 saturated heterocycles. The van der Waals surface area contributed by atoms with E-state index in [1.54, 1.807) is 12.0 Å². The lowest BCUT2D eigenvalue weighted by Crippen LogP contribution is -2.32. The number of methoxy groups -OCH3 is 1. The molecule has 0 saturated carbocycles. The summed E-state index contributed by atoms with van der Waals surface area (Å²) < 4.78 is 5.78. The number of hydrogen-bond donors (Lipinski definition) is 3. The fourth-order valence-electron chi connectivity index (χ4n) is 4.90. The number of hydrogen-bond acceptors (Lipinski definition) is 4. The van der Waals surface area contributed by atoms with Gasteiger partial charge in [0.2, 0.25) is 11.8 Å². The van der Waals surface area contributed by atoms with Gasteiger partial charge in [-0.1, -0.05) is 79.7 Å². The van der Waals surface area contributed by atoms with Crippen molar-refractivity contribution in [1.29, 1.82) is 0 Å². The van der Waals surface area contributed by atoms with Crippen molar-refractivity contribution >= 4 is 28.4 Å². The molecule has 0 aliphatic rings. The highest BCUT2D eigenvalue weighted by Gasteiger charge is 2.18. The highest BCUT2D eigenvalue weighted by atomic mass is 16.5. The molecule has 0 aliphatic heterocycles. The summed E-state index contributed by atoms with van der Waals surface area (Å²) in [6.07, 6.45) is 6.06. The van der Waals surface area contributed by atoms with Crippen molar-refractivity contribution in [3.63, 3.8) is 0 Å². The van der Waals surface area contributed by atoms with Crippen molar-refractivity contribution < 1.29 is 19.4 Å². The van der Waals surface area contributed by atoms with Gasteiger partial charge in [-0.05, 0) is 34.9 Å². The number of amides is 2. The van der Waals surface area contributed by atoms with E-state index in [2.05, 4.69) is 10.3 Å². The third kappa shape index (κ3) is 7.68. The van der Waals surface area contributed by atoms with Crippen molar-refractivity contribution in [3.05, 3.63) is 114 Å². The number of fused-ring (bicyclic) bond motifs is 1. The van der Waals surface area contributed by atoms with Gasteiger partial charge < -0.3 is 25.0 Å². The van der Waals surface area contributed by atoms with E-state index in [9.17, 15) is 14.7 Å². The molecule has 4 aromatic rings. The Morgan fingerprint density at radius 2 is 1.75 bits per heavy atom. The lowest BCUT2D eigenvalue weighted by atomic mass is 9.96. The molecule has 3 aromatic carbocycles. The Kier molecular flexibility index (Phi) is 10.3. The minimum absolute atomic E-state index is 0.0144. The fourth-order valence-corrected chi connectivity index (χ4v) is 4.90. The van der Waals surface area contributed by atoms with Gasteiger partial charge in [0.25, 0.3) is 0 Å². The first-order valence-corrected chi connectivity index (χ1v) is 13.5. The number of nitrogens with one attached hydrogen (secondary N) is 2. The number of H-pyrrole nitrogens is 1. The molecular formula is C33H37N3O4. The van der Waals surface area contributed by atoms with Gasteiger partial charge >= 0.3 is 0 Å². The van der Waals surface area contributed by atoms with Gasteiger partial charge in [-0.2, -0.15) is 0 Å². The number of aliphatic hydroxyl groups excluding tert-OH is 1. The molecule has 0 fully saturated rings. The third-order valence-electron chi connectivity index (χ3n) is 6.95. The monoisotopic (exact) mass is 539 g/mol. The topological polar surface area (TPSA) is 94.7 Å². The van der Waals surface area contributed by atoms with E-state index in [4.69, 9.17) is 4.74 Å². The Morgan fingerprint density at radius 1 is 1.02 bits per heavy atom. The Hall–Kier alpha value is -4.20. The first-order chi connectivity index (χ1) is 19.5. The summed E-state index contributed by atoms with van der Waals surface area (Å²) in [7, 11) is 1.67. The molecule has 208 valence electrons. The molecule has 2 atom stereocenters. The molecule has 0 spiro atoms. The maximum atomic E-state index is 12.8. The van der Waals surface area contributed by atoms with Crippen LogP contribution in [0.5, 0.6) is 0 Å². The van der Waals surface area contributed by atoms with Gasteiger partial charge in [-0.3, -0.25) is 9.59 Å². The van der Waals surface area contributed by atoms with Crippen LogP contribution in [0.1, 0.15) is 36.1 Å². The first kappa shape index (κ1) is 28.8. The molecule has 4 rings (SSSR count). The van der Waals surface area contributed by atoms with Crippen LogP contribution in [-0.4, -0.2) is 47.1 Å². The number of anilines is 1. The second-order valence-electron chi connectivity index (χ2n) is 9.88. The van der Waals surface area contributed by atoms with Gasteiger partial charge in [0.1, 0.15) is 0 Å². The fraction of sp³-hybridized carbons (Fsp3) is 0.273. The summed E-state index contributed by atoms with van der Waals surface area (Å²) in [5.74, 6) is -0.104. The number of rotatable bonds is 13. The molecule has 1 heterocycles.